The van der Waals surface area contributed by atoms with E-state index >= 15 is 0 Å². The second-order valence-electron chi connectivity index (χ2n) is 6.83. The lowest BCUT2D eigenvalue weighted by atomic mass is 9.98. The zero-order valence-corrected chi connectivity index (χ0v) is 17.1. The molecule has 2 aromatic carbocycles. The van der Waals surface area contributed by atoms with Crippen molar-refractivity contribution >= 4 is 23.4 Å². The van der Waals surface area contributed by atoms with Crippen molar-refractivity contribution in [1.82, 2.24) is 20.2 Å². The Balaban J connectivity index is 1.76. The third-order valence-electron chi connectivity index (χ3n) is 4.36. The first-order chi connectivity index (χ1) is 13.4. The second-order valence-corrected chi connectivity index (χ2v) is 8.14. The monoisotopic (exact) mass is 397 g/mol. The van der Waals surface area contributed by atoms with Gasteiger partial charge in [0, 0.05) is 5.69 Å². The molecule has 3 rings (SSSR count). The molecule has 0 unspecified atom stereocenters. The number of anilines is 1. The molecule has 2 N–H and O–H groups in total. The summed E-state index contributed by atoms with van der Waals surface area (Å²) in [6.07, 6.45) is 0. The number of carbonyl (C=O) groups is 1. The van der Waals surface area contributed by atoms with Gasteiger partial charge >= 0.3 is 0 Å². The van der Waals surface area contributed by atoms with E-state index in [0.717, 1.165) is 16.8 Å². The summed E-state index contributed by atoms with van der Waals surface area (Å²) in [7, 11) is 0. The van der Waals surface area contributed by atoms with Gasteiger partial charge in [0.15, 0.2) is 0 Å². The van der Waals surface area contributed by atoms with Gasteiger partial charge in [-0.1, -0.05) is 43.8 Å². The maximum Gasteiger partial charge on any atom is 0.237 e. The molecule has 1 heterocycles. The van der Waals surface area contributed by atoms with Crippen LogP contribution in [0.2, 0.25) is 0 Å². The van der Waals surface area contributed by atoms with E-state index in [0.29, 0.717) is 16.8 Å². The summed E-state index contributed by atoms with van der Waals surface area (Å²) in [4.78, 5) is 12.8. The van der Waals surface area contributed by atoms with Gasteiger partial charge in [0.05, 0.1) is 10.9 Å². The number of aromatic hydroxyl groups is 1. The molecule has 0 aliphatic heterocycles. The van der Waals surface area contributed by atoms with Crippen LogP contribution in [0.4, 0.5) is 5.69 Å². The van der Waals surface area contributed by atoms with Crippen LogP contribution in [-0.4, -0.2) is 36.5 Å². The largest absolute Gasteiger partial charge is 0.508 e. The summed E-state index contributed by atoms with van der Waals surface area (Å²) in [5.74, 6) is 0.361. The number of phenols is 1. The zero-order valence-electron chi connectivity index (χ0n) is 16.2. The highest BCUT2D eigenvalue weighted by Gasteiger charge is 2.21. The molecule has 8 heteroatoms. The third-order valence-corrected chi connectivity index (χ3v) is 5.39. The molecule has 0 bridgehead atoms. The lowest BCUT2D eigenvalue weighted by molar-refractivity contribution is -0.115. The number of nitrogens with zero attached hydrogens (tertiary/aromatic N) is 4. The number of carbonyl (C=O) groups excluding carboxylic acids is 1. The summed E-state index contributed by atoms with van der Waals surface area (Å²) in [6.45, 7) is 8.02. The van der Waals surface area contributed by atoms with Crippen LogP contribution in [0.5, 0.6) is 5.75 Å². The van der Waals surface area contributed by atoms with Gasteiger partial charge in [-0.2, -0.15) is 4.68 Å². The third kappa shape index (κ3) is 4.33. The molecule has 0 fully saturated rings. The molecule has 146 valence electrons. The topological polar surface area (TPSA) is 92.9 Å². The molecule has 1 atom stereocenters. The van der Waals surface area contributed by atoms with Crippen molar-refractivity contribution in [2.75, 3.05) is 5.32 Å². The van der Waals surface area contributed by atoms with Crippen molar-refractivity contribution in [3.05, 3.63) is 53.6 Å². The molecule has 28 heavy (non-hydrogen) atoms. The predicted molar refractivity (Wildman–Crippen MR) is 110 cm³/mol. The molecule has 0 saturated heterocycles. The first-order valence-electron chi connectivity index (χ1n) is 9.01. The van der Waals surface area contributed by atoms with Gasteiger partial charge in [-0.15, -0.1) is 5.10 Å². The van der Waals surface area contributed by atoms with Crippen LogP contribution in [0.15, 0.2) is 47.6 Å². The van der Waals surface area contributed by atoms with Crippen LogP contribution < -0.4 is 5.32 Å². The van der Waals surface area contributed by atoms with Gasteiger partial charge in [-0.05, 0) is 65.6 Å². The number of hydrogen-bond donors (Lipinski definition) is 2. The number of tetrazole rings is 1. The predicted octanol–water partition coefficient (Wildman–Crippen LogP) is 3.92. The fraction of sp³-hybridized carbons (Fsp3) is 0.300. The number of para-hydroxylation sites is 1. The van der Waals surface area contributed by atoms with Crippen molar-refractivity contribution in [3.63, 3.8) is 0 Å². The van der Waals surface area contributed by atoms with Gasteiger partial charge < -0.3 is 10.4 Å². The molecule has 1 aromatic heterocycles. The van der Waals surface area contributed by atoms with E-state index in [1.807, 2.05) is 32.0 Å². The van der Waals surface area contributed by atoms with Crippen LogP contribution in [0, 0.1) is 6.92 Å². The van der Waals surface area contributed by atoms with Gasteiger partial charge in [0.2, 0.25) is 11.1 Å². The lowest BCUT2D eigenvalue weighted by Crippen LogP contribution is -2.24. The number of amides is 1. The molecule has 7 nitrogen and oxygen atoms in total. The van der Waals surface area contributed by atoms with Crippen molar-refractivity contribution in [3.8, 4) is 11.4 Å². The Morgan fingerprint density at radius 2 is 1.86 bits per heavy atom. The minimum Gasteiger partial charge on any atom is -0.508 e. The molecule has 0 spiro atoms. The minimum atomic E-state index is -0.401. The fourth-order valence-corrected chi connectivity index (χ4v) is 3.59. The number of benzene rings is 2. The number of rotatable bonds is 6. The number of thioether (sulfide) groups is 1. The maximum absolute atomic E-state index is 12.8. The van der Waals surface area contributed by atoms with Gasteiger partial charge in [0.1, 0.15) is 5.75 Å². The normalized spacial score (nSPS) is 12.2. The first-order valence-corrected chi connectivity index (χ1v) is 9.89. The first kappa shape index (κ1) is 19.9. The maximum atomic E-state index is 12.8. The second kappa shape index (κ2) is 8.43. The quantitative estimate of drug-likeness (QED) is 0.613. The van der Waals surface area contributed by atoms with Crippen molar-refractivity contribution in [2.24, 2.45) is 0 Å². The Morgan fingerprint density at radius 3 is 2.54 bits per heavy atom. The lowest BCUT2D eigenvalue weighted by Gasteiger charge is -2.18. The van der Waals surface area contributed by atoms with E-state index in [1.54, 1.807) is 28.9 Å². The van der Waals surface area contributed by atoms with E-state index in [2.05, 4.69) is 34.7 Å². The Bertz CT molecular complexity index is 969. The van der Waals surface area contributed by atoms with Gasteiger partial charge in [-0.25, -0.2) is 0 Å². The van der Waals surface area contributed by atoms with Crippen LogP contribution in [0.1, 0.15) is 37.8 Å². The van der Waals surface area contributed by atoms with Crippen LogP contribution in [0.3, 0.4) is 0 Å². The molecule has 3 aromatic rings. The molecule has 1 amide bonds. The smallest absolute Gasteiger partial charge is 0.237 e. The molecule has 0 aliphatic rings. The molecular weight excluding hydrogens is 374 g/mol. The van der Waals surface area contributed by atoms with Gasteiger partial charge in [0.25, 0.3) is 0 Å². The van der Waals surface area contributed by atoms with Gasteiger partial charge in [-0.3, -0.25) is 4.79 Å². The number of nitrogens with one attached hydrogen (secondary N) is 1. The van der Waals surface area contributed by atoms with Crippen LogP contribution in [-0.2, 0) is 4.79 Å². The summed E-state index contributed by atoms with van der Waals surface area (Å²) in [5, 5.41) is 24.3. The van der Waals surface area contributed by atoms with E-state index in [1.165, 1.54) is 11.8 Å². The fourth-order valence-electron chi connectivity index (χ4n) is 2.79. The molecule has 0 saturated carbocycles. The summed E-state index contributed by atoms with van der Waals surface area (Å²) >= 11 is 1.28. The number of phenolic OH excluding ortho intramolecular Hbond substituents is 1. The van der Waals surface area contributed by atoms with E-state index in [4.69, 9.17) is 0 Å². The van der Waals surface area contributed by atoms with E-state index in [-0.39, 0.29) is 11.7 Å². The number of aryl methyl sites for hydroxylation is 1. The highest BCUT2D eigenvalue weighted by atomic mass is 32.2. The zero-order chi connectivity index (χ0) is 20.3. The summed E-state index contributed by atoms with van der Waals surface area (Å²) in [5.41, 5.74) is 3.72. The average Bonchev–Trinajstić information content (AvgIpc) is 3.11. The SMILES string of the molecule is Cc1cccc(C(C)C)c1NC(=O)[C@H](C)Sc1nnnn1-c1ccc(O)cc1. The van der Waals surface area contributed by atoms with Crippen LogP contribution >= 0.6 is 11.8 Å². The van der Waals surface area contributed by atoms with Crippen molar-refractivity contribution in [2.45, 2.75) is 44.0 Å². The van der Waals surface area contributed by atoms with Crippen molar-refractivity contribution < 1.29 is 9.90 Å². The Labute approximate surface area is 168 Å². The summed E-state index contributed by atoms with van der Waals surface area (Å²) in [6, 6.07) is 12.6. The minimum absolute atomic E-state index is 0.110. The highest BCUT2D eigenvalue weighted by molar-refractivity contribution is 8.00. The Hall–Kier alpha value is -2.87. The molecule has 0 radical (unpaired) electrons. The standard InChI is InChI=1S/C20H23N5O2S/c1-12(2)17-7-5-6-13(3)18(17)21-19(27)14(4)28-20-22-23-24-25(20)15-8-10-16(26)11-9-15/h5-12,14,26H,1-4H3,(H,21,27)/t14-/m0/s1. The molecular formula is C20H23N5O2S. The van der Waals surface area contributed by atoms with E-state index < -0.39 is 5.25 Å². The average molecular weight is 398 g/mol. The number of aromatic nitrogens is 4. The molecule has 0 aliphatic carbocycles. The Morgan fingerprint density at radius 1 is 1.14 bits per heavy atom. The highest BCUT2D eigenvalue weighted by Crippen LogP contribution is 2.29. The summed E-state index contributed by atoms with van der Waals surface area (Å²) < 4.78 is 1.54. The number of hydrogen-bond acceptors (Lipinski definition) is 6. The van der Waals surface area contributed by atoms with E-state index in [9.17, 15) is 9.90 Å². The van der Waals surface area contributed by atoms with Crippen LogP contribution in [0.25, 0.3) is 5.69 Å². The Kier molecular flexibility index (Phi) is 5.99. The van der Waals surface area contributed by atoms with Crippen molar-refractivity contribution in [1.29, 1.82) is 0 Å².